The van der Waals surface area contributed by atoms with Gasteiger partial charge in [-0.15, -0.1) is 0 Å². The van der Waals surface area contributed by atoms with Gasteiger partial charge in [0.05, 0.1) is 17.4 Å². The Morgan fingerprint density at radius 1 is 1.32 bits per heavy atom. The molecule has 0 aromatic carbocycles. The zero-order chi connectivity index (χ0) is 20.5. The fourth-order valence-electron chi connectivity index (χ4n) is 3.56. The van der Waals surface area contributed by atoms with Crippen molar-refractivity contribution >= 4 is 36.9 Å². The molecule has 0 saturated carbocycles. The molecule has 3 rings (SSSR count). The molecular weight excluding hydrogens is 404 g/mol. The minimum absolute atomic E-state index is 0.0561. The first-order valence-electron chi connectivity index (χ1n) is 9.02. The lowest BCUT2D eigenvalue weighted by molar-refractivity contribution is 0.247. The average molecular weight is 431 g/mol. The van der Waals surface area contributed by atoms with Gasteiger partial charge in [-0.1, -0.05) is 6.92 Å². The Bertz CT molecular complexity index is 1040. The smallest absolute Gasteiger partial charge is 0.215 e. The van der Waals surface area contributed by atoms with Gasteiger partial charge in [-0.3, -0.25) is 0 Å². The second-order valence-electron chi connectivity index (χ2n) is 7.22. The van der Waals surface area contributed by atoms with Crippen molar-refractivity contribution < 1.29 is 16.8 Å². The summed E-state index contributed by atoms with van der Waals surface area (Å²) in [5.41, 5.74) is 0.733. The quantitative estimate of drug-likeness (QED) is 0.632. The molecule has 0 amide bonds. The Morgan fingerprint density at radius 3 is 2.79 bits per heavy atom. The van der Waals surface area contributed by atoms with E-state index in [1.807, 2.05) is 18.0 Å². The first-order valence-corrected chi connectivity index (χ1v) is 12.5. The molecule has 1 aliphatic rings. The van der Waals surface area contributed by atoms with Crippen LogP contribution in [-0.2, 0) is 20.0 Å². The largest absolute Gasteiger partial charge is 0.354 e. The molecule has 3 heterocycles. The van der Waals surface area contributed by atoms with E-state index in [9.17, 15) is 16.8 Å². The van der Waals surface area contributed by atoms with E-state index in [-0.39, 0.29) is 24.3 Å². The van der Waals surface area contributed by atoms with Crippen LogP contribution in [-0.4, -0.2) is 80.8 Å². The number of likely N-dealkylation sites (N-methyl/N-ethyl adjacent to an activating group) is 1. The average Bonchev–Trinajstić information content (AvgIpc) is 3.08. The maximum Gasteiger partial charge on any atom is 0.215 e. The topological polar surface area (TPSA) is 128 Å². The highest BCUT2D eigenvalue weighted by molar-refractivity contribution is 7.89. The van der Waals surface area contributed by atoms with Gasteiger partial charge in [-0.2, -0.15) is 4.31 Å². The summed E-state index contributed by atoms with van der Waals surface area (Å²) in [4.78, 5) is 13.7. The maximum absolute atomic E-state index is 12.7. The van der Waals surface area contributed by atoms with Crippen LogP contribution in [0.5, 0.6) is 0 Å². The van der Waals surface area contributed by atoms with E-state index in [1.165, 1.54) is 10.6 Å². The van der Waals surface area contributed by atoms with E-state index in [4.69, 9.17) is 0 Å². The summed E-state index contributed by atoms with van der Waals surface area (Å²) in [7, 11) is -5.07. The number of nitrogens with one attached hydrogen (secondary N) is 2. The molecular formula is C16H26N6O4S2. The van der Waals surface area contributed by atoms with Gasteiger partial charge in [0.25, 0.3) is 0 Å². The third-order valence-corrected chi connectivity index (χ3v) is 7.73. The highest BCUT2D eigenvalue weighted by Gasteiger charge is 2.35. The molecule has 12 heteroatoms. The standard InChI is InChI=1S/C16H26N6O4S2/c1-12-5-8-22(28(25,26)9-7-20-27(3,23)24)10-14(12)21(2)16-13-4-6-17-15(13)18-11-19-16/h4,6,11-12,14,20H,5,7-10H2,1-3H3,(H,17,18,19). The van der Waals surface area contributed by atoms with Crippen LogP contribution >= 0.6 is 0 Å². The van der Waals surface area contributed by atoms with Gasteiger partial charge in [-0.25, -0.2) is 31.5 Å². The SMILES string of the molecule is CC1CCN(S(=O)(=O)CCNS(C)(=O)=O)CC1N(C)c1ncnc2[nH]ccc12. The summed E-state index contributed by atoms with van der Waals surface area (Å²) in [5.74, 6) is 0.760. The number of nitrogens with zero attached hydrogens (tertiary/aromatic N) is 4. The van der Waals surface area contributed by atoms with Gasteiger partial charge in [0.2, 0.25) is 20.0 Å². The maximum atomic E-state index is 12.7. The second kappa shape index (κ2) is 7.93. The van der Waals surface area contributed by atoms with Gasteiger partial charge < -0.3 is 9.88 Å². The Hall–Kier alpha value is -1.76. The van der Waals surface area contributed by atoms with E-state index in [0.717, 1.165) is 29.5 Å². The van der Waals surface area contributed by atoms with Crippen LogP contribution < -0.4 is 9.62 Å². The first-order chi connectivity index (χ1) is 13.1. The first kappa shape index (κ1) is 21.0. The van der Waals surface area contributed by atoms with Crippen molar-refractivity contribution in [3.63, 3.8) is 0 Å². The third-order valence-electron chi connectivity index (χ3n) is 5.16. The normalized spacial score (nSPS) is 21.8. The highest BCUT2D eigenvalue weighted by Crippen LogP contribution is 2.29. The van der Waals surface area contributed by atoms with Crippen LogP contribution in [0.3, 0.4) is 0 Å². The molecule has 0 spiro atoms. The van der Waals surface area contributed by atoms with Gasteiger partial charge in [-0.05, 0) is 18.4 Å². The molecule has 10 nitrogen and oxygen atoms in total. The summed E-state index contributed by atoms with van der Waals surface area (Å²) >= 11 is 0. The number of hydrogen-bond donors (Lipinski definition) is 2. The van der Waals surface area contributed by atoms with E-state index < -0.39 is 20.0 Å². The molecule has 156 valence electrons. The van der Waals surface area contributed by atoms with Crippen molar-refractivity contribution in [2.45, 2.75) is 19.4 Å². The molecule has 0 bridgehead atoms. The summed E-state index contributed by atoms with van der Waals surface area (Å²) in [6.45, 7) is 2.72. The van der Waals surface area contributed by atoms with Crippen molar-refractivity contribution in [3.8, 4) is 0 Å². The Morgan fingerprint density at radius 2 is 2.07 bits per heavy atom. The number of sulfonamides is 2. The number of anilines is 1. The summed E-state index contributed by atoms with van der Waals surface area (Å²) in [6.07, 6.45) is 5.02. The van der Waals surface area contributed by atoms with Crippen LogP contribution in [0, 0.1) is 5.92 Å². The van der Waals surface area contributed by atoms with Gasteiger partial charge in [0, 0.05) is 38.9 Å². The fraction of sp³-hybridized carbons (Fsp3) is 0.625. The predicted molar refractivity (Wildman–Crippen MR) is 108 cm³/mol. The zero-order valence-corrected chi connectivity index (χ0v) is 17.8. The molecule has 2 atom stereocenters. The fourth-order valence-corrected chi connectivity index (χ4v) is 5.54. The number of hydrogen-bond acceptors (Lipinski definition) is 7. The minimum atomic E-state index is -3.57. The van der Waals surface area contributed by atoms with Crippen molar-refractivity contribution in [1.29, 1.82) is 0 Å². The van der Waals surface area contributed by atoms with Crippen molar-refractivity contribution in [1.82, 2.24) is 24.0 Å². The van der Waals surface area contributed by atoms with Crippen molar-refractivity contribution in [2.75, 3.05) is 43.6 Å². The van der Waals surface area contributed by atoms with Gasteiger partial charge >= 0.3 is 0 Å². The molecule has 2 aromatic heterocycles. The van der Waals surface area contributed by atoms with Crippen molar-refractivity contribution in [2.24, 2.45) is 5.92 Å². The molecule has 0 radical (unpaired) electrons. The van der Waals surface area contributed by atoms with E-state index in [2.05, 4.69) is 26.6 Å². The Kier molecular flexibility index (Phi) is 5.94. The van der Waals surface area contributed by atoms with Gasteiger partial charge in [0.1, 0.15) is 17.8 Å². The monoisotopic (exact) mass is 430 g/mol. The molecule has 28 heavy (non-hydrogen) atoms. The van der Waals surface area contributed by atoms with Crippen LogP contribution in [0.1, 0.15) is 13.3 Å². The Labute approximate surface area is 165 Å². The molecule has 1 saturated heterocycles. The van der Waals surface area contributed by atoms with Crippen LogP contribution in [0.4, 0.5) is 5.82 Å². The number of aromatic nitrogens is 3. The lowest BCUT2D eigenvalue weighted by Crippen LogP contribution is -2.53. The van der Waals surface area contributed by atoms with E-state index in [1.54, 1.807) is 6.20 Å². The summed E-state index contributed by atoms with van der Waals surface area (Å²) in [6, 6.07) is 1.85. The number of fused-ring (bicyclic) bond motifs is 1. The van der Waals surface area contributed by atoms with E-state index in [0.29, 0.717) is 13.1 Å². The predicted octanol–water partition coefficient (Wildman–Crippen LogP) is -0.0165. The Balaban J connectivity index is 1.76. The van der Waals surface area contributed by atoms with Crippen LogP contribution in [0.25, 0.3) is 11.0 Å². The molecule has 1 fully saturated rings. The van der Waals surface area contributed by atoms with Crippen molar-refractivity contribution in [3.05, 3.63) is 18.6 Å². The molecule has 1 aliphatic heterocycles. The summed E-state index contributed by atoms with van der Waals surface area (Å²) < 4.78 is 51.4. The summed E-state index contributed by atoms with van der Waals surface area (Å²) in [5, 5.41) is 0.884. The lowest BCUT2D eigenvalue weighted by atomic mass is 9.93. The van der Waals surface area contributed by atoms with Crippen LogP contribution in [0.2, 0.25) is 0 Å². The number of H-pyrrole nitrogens is 1. The number of rotatable bonds is 7. The van der Waals surface area contributed by atoms with Crippen LogP contribution in [0.15, 0.2) is 18.6 Å². The molecule has 2 aromatic rings. The van der Waals surface area contributed by atoms with Gasteiger partial charge in [0.15, 0.2) is 0 Å². The van der Waals surface area contributed by atoms with E-state index >= 15 is 0 Å². The number of piperidine rings is 1. The second-order valence-corrected chi connectivity index (χ2v) is 11.1. The molecule has 2 unspecified atom stereocenters. The third kappa shape index (κ3) is 4.62. The molecule has 2 N–H and O–H groups in total. The lowest BCUT2D eigenvalue weighted by Gasteiger charge is -2.41. The minimum Gasteiger partial charge on any atom is -0.354 e. The number of aromatic amines is 1. The molecule has 0 aliphatic carbocycles. The zero-order valence-electron chi connectivity index (χ0n) is 16.2. The highest BCUT2D eigenvalue weighted by atomic mass is 32.2.